The molecule has 0 radical (unpaired) electrons. The van der Waals surface area contributed by atoms with Crippen LogP contribution < -0.4 is 5.32 Å². The van der Waals surface area contributed by atoms with Crippen molar-refractivity contribution in [3.63, 3.8) is 0 Å². The Kier molecular flexibility index (Phi) is 4.75. The molecule has 0 spiro atoms. The fraction of sp³-hybridized carbons (Fsp3) is 0.375. The molecule has 0 aliphatic rings. The maximum absolute atomic E-state index is 13.6. The Morgan fingerprint density at radius 2 is 1.90 bits per heavy atom. The van der Waals surface area contributed by atoms with Gasteiger partial charge in [0.15, 0.2) is 0 Å². The van der Waals surface area contributed by atoms with Crippen molar-refractivity contribution in [2.24, 2.45) is 0 Å². The Morgan fingerprint density at radius 1 is 1.19 bits per heavy atom. The molecule has 1 aromatic carbocycles. The van der Waals surface area contributed by atoms with Gasteiger partial charge in [-0.05, 0) is 45.0 Å². The lowest BCUT2D eigenvalue weighted by Gasteiger charge is -2.17. The lowest BCUT2D eigenvalue weighted by Crippen LogP contribution is -2.25. The van der Waals surface area contributed by atoms with E-state index in [0.717, 1.165) is 35.3 Å². The Bertz CT molecular complexity index is 625. The minimum Gasteiger partial charge on any atom is -0.466 e. The second-order valence-corrected chi connectivity index (χ2v) is 5.18. The van der Waals surface area contributed by atoms with E-state index < -0.39 is 17.7 Å². The van der Waals surface area contributed by atoms with Crippen LogP contribution in [0.4, 0.5) is 8.78 Å². The highest BCUT2D eigenvalue weighted by Crippen LogP contribution is 2.23. The molecule has 2 atom stereocenters. The molecule has 2 unspecified atom stereocenters. The van der Waals surface area contributed by atoms with Gasteiger partial charge >= 0.3 is 0 Å². The molecule has 0 amide bonds. The van der Waals surface area contributed by atoms with Gasteiger partial charge in [-0.25, -0.2) is 8.78 Å². The van der Waals surface area contributed by atoms with Crippen LogP contribution in [0.5, 0.6) is 0 Å². The highest BCUT2D eigenvalue weighted by atomic mass is 19.1. The molecule has 0 saturated heterocycles. The predicted molar refractivity (Wildman–Crippen MR) is 75.9 cm³/mol. The van der Waals surface area contributed by atoms with Crippen LogP contribution in [0.3, 0.4) is 0 Å². The number of rotatable bonds is 5. The topological polar surface area (TPSA) is 45.4 Å². The Hall–Kier alpha value is -1.72. The van der Waals surface area contributed by atoms with Gasteiger partial charge in [-0.3, -0.25) is 0 Å². The molecule has 2 N–H and O–H groups in total. The van der Waals surface area contributed by atoms with E-state index in [2.05, 4.69) is 5.32 Å². The van der Waals surface area contributed by atoms with E-state index in [-0.39, 0.29) is 18.2 Å². The Balaban J connectivity index is 2.02. The summed E-state index contributed by atoms with van der Waals surface area (Å²) >= 11 is 0. The third-order valence-corrected chi connectivity index (χ3v) is 3.48. The molecule has 2 aromatic rings. The average Bonchev–Trinajstić information content (AvgIpc) is 2.77. The number of aryl methyl sites for hydroxylation is 2. The number of aliphatic hydroxyl groups is 1. The molecule has 3 nitrogen and oxygen atoms in total. The summed E-state index contributed by atoms with van der Waals surface area (Å²) in [6.07, 6.45) is -1.11. The molecule has 0 fully saturated rings. The van der Waals surface area contributed by atoms with E-state index in [4.69, 9.17) is 4.42 Å². The summed E-state index contributed by atoms with van der Waals surface area (Å²) in [6.45, 7) is 5.76. The Labute approximate surface area is 122 Å². The van der Waals surface area contributed by atoms with Crippen LogP contribution in [0.25, 0.3) is 0 Å². The van der Waals surface area contributed by atoms with Gasteiger partial charge in [-0.2, -0.15) is 0 Å². The highest BCUT2D eigenvalue weighted by Gasteiger charge is 2.17. The van der Waals surface area contributed by atoms with Crippen molar-refractivity contribution >= 4 is 0 Å². The molecule has 0 saturated carbocycles. The lowest BCUT2D eigenvalue weighted by molar-refractivity contribution is 0.165. The van der Waals surface area contributed by atoms with Gasteiger partial charge < -0.3 is 14.8 Å². The van der Waals surface area contributed by atoms with Crippen LogP contribution in [0.1, 0.15) is 41.7 Å². The molecule has 2 rings (SSSR count). The van der Waals surface area contributed by atoms with Crippen LogP contribution in [-0.2, 0) is 0 Å². The molecule has 0 aliphatic heterocycles. The van der Waals surface area contributed by atoms with Crippen molar-refractivity contribution in [1.82, 2.24) is 5.32 Å². The summed E-state index contributed by atoms with van der Waals surface area (Å²) in [5.41, 5.74) is 0.939. The van der Waals surface area contributed by atoms with Gasteiger partial charge in [0.1, 0.15) is 23.2 Å². The molecule has 114 valence electrons. The summed E-state index contributed by atoms with van der Waals surface area (Å²) in [4.78, 5) is 0. The highest BCUT2D eigenvalue weighted by molar-refractivity contribution is 5.24. The monoisotopic (exact) mass is 295 g/mol. The van der Waals surface area contributed by atoms with E-state index in [1.807, 2.05) is 26.8 Å². The average molecular weight is 295 g/mol. The van der Waals surface area contributed by atoms with Gasteiger partial charge in [-0.1, -0.05) is 0 Å². The van der Waals surface area contributed by atoms with Crippen molar-refractivity contribution in [2.45, 2.75) is 32.9 Å². The lowest BCUT2D eigenvalue weighted by atomic mass is 10.1. The number of hydrogen-bond donors (Lipinski definition) is 2. The van der Waals surface area contributed by atoms with Crippen molar-refractivity contribution in [3.05, 3.63) is 58.5 Å². The molecule has 1 heterocycles. The van der Waals surface area contributed by atoms with Gasteiger partial charge in [0.2, 0.25) is 0 Å². The number of nitrogens with one attached hydrogen (secondary N) is 1. The van der Waals surface area contributed by atoms with E-state index in [0.29, 0.717) is 0 Å². The first-order valence-electron chi connectivity index (χ1n) is 6.81. The minimum atomic E-state index is -1.11. The van der Waals surface area contributed by atoms with Crippen LogP contribution in [0, 0.1) is 25.5 Å². The van der Waals surface area contributed by atoms with E-state index >= 15 is 0 Å². The molecule has 0 aliphatic carbocycles. The number of benzene rings is 1. The third kappa shape index (κ3) is 3.68. The smallest absolute Gasteiger partial charge is 0.129 e. The van der Waals surface area contributed by atoms with Crippen molar-refractivity contribution < 1.29 is 18.3 Å². The summed E-state index contributed by atoms with van der Waals surface area (Å²) in [5.74, 6) is 0.431. The third-order valence-electron chi connectivity index (χ3n) is 3.48. The summed E-state index contributed by atoms with van der Waals surface area (Å²) < 4.78 is 32.1. The first kappa shape index (κ1) is 15.7. The Morgan fingerprint density at radius 3 is 2.52 bits per heavy atom. The fourth-order valence-electron chi connectivity index (χ4n) is 2.36. The number of halogens is 2. The molecule has 1 aromatic heterocycles. The fourth-order valence-corrected chi connectivity index (χ4v) is 2.36. The first-order valence-corrected chi connectivity index (χ1v) is 6.81. The van der Waals surface area contributed by atoms with Crippen LogP contribution in [0.15, 0.2) is 28.7 Å². The van der Waals surface area contributed by atoms with Gasteiger partial charge in [0.25, 0.3) is 0 Å². The maximum atomic E-state index is 13.6. The minimum absolute atomic E-state index is 0.0465. The molecule has 0 bridgehead atoms. The van der Waals surface area contributed by atoms with Crippen molar-refractivity contribution in [2.75, 3.05) is 6.54 Å². The number of aliphatic hydroxyl groups excluding tert-OH is 1. The zero-order chi connectivity index (χ0) is 15.6. The van der Waals surface area contributed by atoms with Crippen LogP contribution in [0.2, 0.25) is 0 Å². The summed E-state index contributed by atoms with van der Waals surface area (Å²) in [6, 6.07) is 4.91. The second kappa shape index (κ2) is 6.37. The number of furan rings is 1. The zero-order valence-electron chi connectivity index (χ0n) is 12.3. The summed E-state index contributed by atoms with van der Waals surface area (Å²) in [7, 11) is 0. The second-order valence-electron chi connectivity index (χ2n) is 5.18. The molecular weight excluding hydrogens is 276 g/mol. The number of hydrogen-bond acceptors (Lipinski definition) is 3. The van der Waals surface area contributed by atoms with E-state index in [9.17, 15) is 13.9 Å². The normalized spacial score (nSPS) is 14.2. The standard InChI is InChI=1S/C16H19F2NO2/c1-9-6-13(11(3)21-9)10(2)19-8-16(20)14-7-12(17)4-5-15(14)18/h4-7,10,16,19-20H,8H2,1-3H3. The van der Waals surface area contributed by atoms with Crippen LogP contribution in [-0.4, -0.2) is 11.7 Å². The summed E-state index contributed by atoms with van der Waals surface area (Å²) in [5, 5.41) is 13.1. The molecule has 21 heavy (non-hydrogen) atoms. The van der Waals surface area contributed by atoms with Crippen LogP contribution >= 0.6 is 0 Å². The van der Waals surface area contributed by atoms with Crippen molar-refractivity contribution in [1.29, 1.82) is 0 Å². The zero-order valence-corrected chi connectivity index (χ0v) is 12.3. The van der Waals surface area contributed by atoms with Gasteiger partial charge in [-0.15, -0.1) is 0 Å². The largest absolute Gasteiger partial charge is 0.466 e. The SMILES string of the molecule is Cc1cc(C(C)NCC(O)c2cc(F)ccc2F)c(C)o1. The maximum Gasteiger partial charge on any atom is 0.129 e. The van der Waals surface area contributed by atoms with E-state index in [1.165, 1.54) is 0 Å². The first-order chi connectivity index (χ1) is 9.88. The predicted octanol–water partition coefficient (Wildman–Crippen LogP) is 3.56. The molecular formula is C16H19F2NO2. The van der Waals surface area contributed by atoms with E-state index in [1.54, 1.807) is 0 Å². The van der Waals surface area contributed by atoms with Gasteiger partial charge in [0.05, 0.1) is 6.10 Å². The molecule has 5 heteroatoms. The van der Waals surface area contributed by atoms with Gasteiger partial charge in [0, 0.05) is 23.7 Å². The van der Waals surface area contributed by atoms with Crippen molar-refractivity contribution in [3.8, 4) is 0 Å². The quantitative estimate of drug-likeness (QED) is 0.886.